The fraction of sp³-hybridized carbons (Fsp3) is 0.200. The Morgan fingerprint density at radius 2 is 1.77 bits per heavy atom. The minimum absolute atomic E-state index is 0.181. The Kier molecular flexibility index (Phi) is 5.35. The molecule has 26 heavy (non-hydrogen) atoms. The number of nitrogens with one attached hydrogen (secondary N) is 1. The minimum atomic E-state index is -0.269. The van der Waals surface area contributed by atoms with E-state index in [4.69, 9.17) is 27.9 Å². The van der Waals surface area contributed by atoms with Gasteiger partial charge in [-0.3, -0.25) is 4.79 Å². The van der Waals surface area contributed by atoms with Crippen LogP contribution in [0.15, 0.2) is 36.4 Å². The Bertz CT molecular complexity index is 983. The molecule has 0 atom stereocenters. The zero-order valence-corrected chi connectivity index (χ0v) is 16.2. The summed E-state index contributed by atoms with van der Waals surface area (Å²) in [6, 6.07) is 11.2. The van der Waals surface area contributed by atoms with E-state index in [0.717, 1.165) is 27.9 Å². The molecular formula is C20H18Cl2N2O2. The maximum atomic E-state index is 12.3. The van der Waals surface area contributed by atoms with Gasteiger partial charge < -0.3 is 10.1 Å². The molecule has 0 spiro atoms. The number of ether oxygens (including phenoxy) is 1. The van der Waals surface area contributed by atoms with Gasteiger partial charge >= 0.3 is 0 Å². The van der Waals surface area contributed by atoms with E-state index in [1.54, 1.807) is 6.07 Å². The number of rotatable bonds is 4. The number of para-hydroxylation sites is 1. The summed E-state index contributed by atoms with van der Waals surface area (Å²) in [5, 5.41) is 4.42. The van der Waals surface area contributed by atoms with Crippen LogP contribution in [0, 0.1) is 20.8 Å². The average molecular weight is 389 g/mol. The van der Waals surface area contributed by atoms with Crippen molar-refractivity contribution in [3.63, 3.8) is 0 Å². The van der Waals surface area contributed by atoms with Gasteiger partial charge in [-0.05, 0) is 50.1 Å². The molecular weight excluding hydrogens is 371 g/mol. The van der Waals surface area contributed by atoms with Crippen LogP contribution in [0.3, 0.4) is 0 Å². The van der Waals surface area contributed by atoms with E-state index in [9.17, 15) is 4.79 Å². The summed E-state index contributed by atoms with van der Waals surface area (Å²) in [6.07, 6.45) is 0. The number of hydrogen-bond donors (Lipinski definition) is 1. The molecule has 0 aliphatic carbocycles. The molecule has 0 aliphatic rings. The van der Waals surface area contributed by atoms with Crippen LogP contribution in [-0.4, -0.2) is 17.5 Å². The van der Waals surface area contributed by atoms with Gasteiger partial charge in [0.05, 0.1) is 10.0 Å². The molecule has 0 saturated heterocycles. The van der Waals surface area contributed by atoms with Crippen molar-refractivity contribution in [2.24, 2.45) is 0 Å². The average Bonchev–Trinajstić information content (AvgIpc) is 2.57. The van der Waals surface area contributed by atoms with Gasteiger partial charge in [-0.2, -0.15) is 0 Å². The molecule has 4 nitrogen and oxygen atoms in total. The Morgan fingerprint density at radius 1 is 1.08 bits per heavy atom. The predicted octanol–water partition coefficient (Wildman–Crippen LogP) is 5.48. The first-order chi connectivity index (χ1) is 12.4. The lowest BCUT2D eigenvalue weighted by Gasteiger charge is -2.14. The van der Waals surface area contributed by atoms with Crippen LogP contribution in [0.2, 0.25) is 10.0 Å². The molecule has 0 bridgehead atoms. The summed E-state index contributed by atoms with van der Waals surface area (Å²) < 4.78 is 5.71. The van der Waals surface area contributed by atoms with Gasteiger partial charge in [0.2, 0.25) is 0 Å². The van der Waals surface area contributed by atoms with Crippen molar-refractivity contribution < 1.29 is 9.53 Å². The lowest BCUT2D eigenvalue weighted by Crippen LogP contribution is -2.21. The van der Waals surface area contributed by atoms with Crippen molar-refractivity contribution in [3.05, 3.63) is 63.3 Å². The van der Waals surface area contributed by atoms with Gasteiger partial charge in [-0.15, -0.1) is 0 Å². The van der Waals surface area contributed by atoms with Gasteiger partial charge in [0.15, 0.2) is 12.4 Å². The normalized spacial score (nSPS) is 10.8. The van der Waals surface area contributed by atoms with Gasteiger partial charge in [-0.25, -0.2) is 4.98 Å². The molecule has 6 heteroatoms. The second-order valence-electron chi connectivity index (χ2n) is 6.12. The fourth-order valence-corrected chi connectivity index (χ4v) is 3.32. The number of fused-ring (bicyclic) bond motifs is 1. The van der Waals surface area contributed by atoms with Crippen molar-refractivity contribution >= 4 is 45.7 Å². The van der Waals surface area contributed by atoms with Crippen LogP contribution >= 0.6 is 23.2 Å². The van der Waals surface area contributed by atoms with Crippen molar-refractivity contribution in [3.8, 4) is 5.75 Å². The maximum absolute atomic E-state index is 12.3. The monoisotopic (exact) mass is 388 g/mol. The van der Waals surface area contributed by atoms with Crippen LogP contribution in [-0.2, 0) is 4.79 Å². The summed E-state index contributed by atoms with van der Waals surface area (Å²) in [7, 11) is 0. The number of carbonyl (C=O) groups excluding carboxylic acids is 1. The molecule has 3 aromatic rings. The molecule has 0 aliphatic heterocycles. The number of hydrogen-bond acceptors (Lipinski definition) is 3. The number of aryl methyl sites for hydroxylation is 3. The standard InChI is InChI=1S/C20H18Cl2N2O2/c1-11-5-4-6-12(2)18(11)24-17(25)10-26-20-16(22)9-15(21)14-8-7-13(3)23-19(14)20/h4-9H,10H2,1-3H3,(H,24,25). The highest BCUT2D eigenvalue weighted by Gasteiger charge is 2.15. The van der Waals surface area contributed by atoms with Crippen LogP contribution in [0.25, 0.3) is 10.9 Å². The maximum Gasteiger partial charge on any atom is 0.262 e. The molecule has 1 heterocycles. The lowest BCUT2D eigenvalue weighted by molar-refractivity contribution is -0.118. The van der Waals surface area contributed by atoms with E-state index in [1.807, 2.05) is 51.1 Å². The number of pyridine rings is 1. The Labute approximate surface area is 162 Å². The third-order valence-corrected chi connectivity index (χ3v) is 4.66. The van der Waals surface area contributed by atoms with Gasteiger partial charge in [0.25, 0.3) is 5.91 Å². The SMILES string of the molecule is Cc1ccc2c(Cl)cc(Cl)c(OCC(=O)Nc3c(C)cccc3C)c2n1. The van der Waals surface area contributed by atoms with Crippen molar-refractivity contribution in [2.45, 2.75) is 20.8 Å². The van der Waals surface area contributed by atoms with Gasteiger partial charge in [0, 0.05) is 16.8 Å². The smallest absolute Gasteiger partial charge is 0.262 e. The van der Waals surface area contributed by atoms with E-state index < -0.39 is 0 Å². The molecule has 0 fully saturated rings. The predicted molar refractivity (Wildman–Crippen MR) is 107 cm³/mol. The Morgan fingerprint density at radius 3 is 2.46 bits per heavy atom. The molecule has 1 N–H and O–H groups in total. The largest absolute Gasteiger partial charge is 0.480 e. The number of anilines is 1. The lowest BCUT2D eigenvalue weighted by atomic mass is 10.1. The van der Waals surface area contributed by atoms with E-state index in [2.05, 4.69) is 10.3 Å². The first kappa shape index (κ1) is 18.5. The van der Waals surface area contributed by atoms with E-state index in [0.29, 0.717) is 21.3 Å². The minimum Gasteiger partial charge on any atom is -0.480 e. The first-order valence-electron chi connectivity index (χ1n) is 8.11. The van der Waals surface area contributed by atoms with Crippen LogP contribution in [0.1, 0.15) is 16.8 Å². The fourth-order valence-electron chi connectivity index (χ4n) is 2.75. The first-order valence-corrected chi connectivity index (χ1v) is 8.86. The van der Waals surface area contributed by atoms with E-state index in [1.165, 1.54) is 0 Å². The van der Waals surface area contributed by atoms with Crippen molar-refractivity contribution in [1.29, 1.82) is 0 Å². The van der Waals surface area contributed by atoms with Crippen LogP contribution in [0.5, 0.6) is 5.75 Å². The number of amides is 1. The highest BCUT2D eigenvalue weighted by molar-refractivity contribution is 6.39. The third kappa shape index (κ3) is 3.76. The summed E-state index contributed by atoms with van der Waals surface area (Å²) in [5.41, 5.74) is 4.13. The number of halogens is 2. The van der Waals surface area contributed by atoms with Crippen molar-refractivity contribution in [1.82, 2.24) is 4.98 Å². The van der Waals surface area contributed by atoms with Crippen LogP contribution in [0.4, 0.5) is 5.69 Å². The molecule has 3 rings (SSSR count). The number of carbonyl (C=O) groups is 1. The summed E-state index contributed by atoms with van der Waals surface area (Å²) in [6.45, 7) is 5.57. The molecule has 134 valence electrons. The highest BCUT2D eigenvalue weighted by atomic mass is 35.5. The number of nitrogens with zero attached hydrogens (tertiary/aromatic N) is 1. The zero-order valence-electron chi connectivity index (χ0n) is 14.7. The highest BCUT2D eigenvalue weighted by Crippen LogP contribution is 2.37. The molecule has 2 aromatic carbocycles. The quantitative estimate of drug-likeness (QED) is 0.643. The molecule has 0 unspecified atom stereocenters. The molecule has 1 amide bonds. The number of aromatic nitrogens is 1. The van der Waals surface area contributed by atoms with Crippen molar-refractivity contribution in [2.75, 3.05) is 11.9 Å². The van der Waals surface area contributed by atoms with E-state index in [-0.39, 0.29) is 12.5 Å². The van der Waals surface area contributed by atoms with Crippen LogP contribution < -0.4 is 10.1 Å². The molecule has 1 aromatic heterocycles. The van der Waals surface area contributed by atoms with Gasteiger partial charge in [0.1, 0.15) is 5.52 Å². The number of benzene rings is 2. The molecule has 0 radical (unpaired) electrons. The summed E-state index contributed by atoms with van der Waals surface area (Å²) in [5.74, 6) is 0.0839. The zero-order chi connectivity index (χ0) is 18.8. The third-order valence-electron chi connectivity index (χ3n) is 4.07. The Hall–Kier alpha value is -2.30. The summed E-state index contributed by atoms with van der Waals surface area (Å²) >= 11 is 12.5. The van der Waals surface area contributed by atoms with E-state index >= 15 is 0 Å². The second kappa shape index (κ2) is 7.52. The molecule has 0 saturated carbocycles. The topological polar surface area (TPSA) is 51.2 Å². The summed E-state index contributed by atoms with van der Waals surface area (Å²) in [4.78, 5) is 16.8. The van der Waals surface area contributed by atoms with Gasteiger partial charge in [-0.1, -0.05) is 41.4 Å². The second-order valence-corrected chi connectivity index (χ2v) is 6.94. The Balaban J connectivity index is 1.84.